The molecule has 0 saturated carbocycles. The molecule has 4 rings (SSSR count). The number of hydrogen-bond acceptors (Lipinski definition) is 6. The van der Waals surface area contributed by atoms with Crippen LogP contribution in [-0.4, -0.2) is 33.4 Å². The van der Waals surface area contributed by atoms with E-state index in [1.165, 1.54) is 12.1 Å². The Bertz CT molecular complexity index is 1350. The van der Waals surface area contributed by atoms with Gasteiger partial charge in [-0.2, -0.15) is 8.42 Å². The number of phenolic OH excluding ortho intramolecular Hbond substituents is 1. The standard InChI is InChI=1S/C19H16N2O6S/c22-13-7-6-12-10-14(19(23)27-17(12)11-13)18-20-15-4-1-2-5-16(15)21(18)8-3-9-28(24,25)26/h1-2,4-7,10-11,22H,3,8-9H2,(H,24,25,26). The van der Waals surface area contributed by atoms with Crippen molar-refractivity contribution in [3.05, 3.63) is 59.0 Å². The van der Waals surface area contributed by atoms with Gasteiger partial charge in [-0.15, -0.1) is 0 Å². The summed E-state index contributed by atoms with van der Waals surface area (Å²) < 4.78 is 38.2. The van der Waals surface area contributed by atoms with Crippen molar-refractivity contribution in [3.8, 4) is 17.1 Å². The second-order valence-corrected chi connectivity index (χ2v) is 7.96. The summed E-state index contributed by atoms with van der Waals surface area (Å²) in [6.07, 6.45) is 0.152. The fraction of sp³-hybridized carbons (Fsp3) is 0.158. The van der Waals surface area contributed by atoms with Crippen LogP contribution < -0.4 is 5.63 Å². The van der Waals surface area contributed by atoms with Gasteiger partial charge < -0.3 is 14.1 Å². The van der Waals surface area contributed by atoms with Gasteiger partial charge in [-0.1, -0.05) is 12.1 Å². The molecular formula is C19H16N2O6S. The summed E-state index contributed by atoms with van der Waals surface area (Å²) in [6, 6.07) is 13.3. The van der Waals surface area contributed by atoms with E-state index in [2.05, 4.69) is 4.98 Å². The quantitative estimate of drug-likeness (QED) is 0.390. The average molecular weight is 400 g/mol. The summed E-state index contributed by atoms with van der Waals surface area (Å²) in [5, 5.41) is 10.2. The van der Waals surface area contributed by atoms with E-state index in [0.717, 1.165) is 5.52 Å². The van der Waals surface area contributed by atoms with Crippen LogP contribution in [-0.2, 0) is 16.7 Å². The molecule has 0 saturated heterocycles. The zero-order chi connectivity index (χ0) is 19.9. The van der Waals surface area contributed by atoms with Crippen LogP contribution in [0.5, 0.6) is 5.75 Å². The molecule has 0 radical (unpaired) electrons. The zero-order valence-corrected chi connectivity index (χ0v) is 15.4. The number of aryl methyl sites for hydroxylation is 1. The third-order valence-electron chi connectivity index (χ3n) is 4.40. The Balaban J connectivity index is 1.87. The van der Waals surface area contributed by atoms with Crippen LogP contribution in [0.15, 0.2) is 57.7 Å². The van der Waals surface area contributed by atoms with Gasteiger partial charge in [0.05, 0.1) is 16.8 Å². The highest BCUT2D eigenvalue weighted by atomic mass is 32.2. The van der Waals surface area contributed by atoms with Gasteiger partial charge in [0.15, 0.2) is 0 Å². The van der Waals surface area contributed by atoms with Crippen LogP contribution in [0.2, 0.25) is 0 Å². The molecule has 2 aromatic heterocycles. The Morgan fingerprint density at radius 2 is 1.89 bits per heavy atom. The SMILES string of the molecule is O=c1oc2cc(O)ccc2cc1-c1nc2ccccc2n1CCCS(=O)(=O)O. The fourth-order valence-corrected chi connectivity index (χ4v) is 3.66. The summed E-state index contributed by atoms with van der Waals surface area (Å²) in [5.41, 5.74) is 1.24. The molecule has 0 amide bonds. The molecule has 9 heteroatoms. The van der Waals surface area contributed by atoms with Gasteiger partial charge in [0.2, 0.25) is 0 Å². The molecule has 2 heterocycles. The maximum atomic E-state index is 12.6. The van der Waals surface area contributed by atoms with E-state index in [0.29, 0.717) is 16.7 Å². The van der Waals surface area contributed by atoms with Crippen LogP contribution in [0, 0.1) is 0 Å². The van der Waals surface area contributed by atoms with Crippen molar-refractivity contribution in [2.45, 2.75) is 13.0 Å². The predicted octanol–water partition coefficient (Wildman–Crippen LogP) is 2.79. The number of rotatable bonds is 5. The first-order valence-electron chi connectivity index (χ1n) is 8.49. The van der Waals surface area contributed by atoms with E-state index in [-0.39, 0.29) is 29.9 Å². The first kappa shape index (κ1) is 18.2. The van der Waals surface area contributed by atoms with Gasteiger partial charge in [-0.05, 0) is 36.8 Å². The van der Waals surface area contributed by atoms with Crippen molar-refractivity contribution in [2.75, 3.05) is 5.75 Å². The highest BCUT2D eigenvalue weighted by molar-refractivity contribution is 7.85. The van der Waals surface area contributed by atoms with Crippen molar-refractivity contribution in [1.82, 2.24) is 9.55 Å². The maximum Gasteiger partial charge on any atom is 0.347 e. The summed E-state index contributed by atoms with van der Waals surface area (Å²) in [7, 11) is -4.09. The maximum absolute atomic E-state index is 12.6. The highest BCUT2D eigenvalue weighted by Crippen LogP contribution is 2.27. The van der Waals surface area contributed by atoms with Gasteiger partial charge >= 0.3 is 5.63 Å². The lowest BCUT2D eigenvalue weighted by molar-refractivity contribution is 0.472. The Kier molecular flexibility index (Phi) is 4.40. The summed E-state index contributed by atoms with van der Waals surface area (Å²) >= 11 is 0. The van der Waals surface area contributed by atoms with E-state index >= 15 is 0 Å². The zero-order valence-electron chi connectivity index (χ0n) is 14.6. The number of aromatic nitrogens is 2. The Morgan fingerprint density at radius 1 is 1.11 bits per heavy atom. The summed E-state index contributed by atoms with van der Waals surface area (Å²) in [4.78, 5) is 17.1. The van der Waals surface area contributed by atoms with Gasteiger partial charge in [0.25, 0.3) is 10.1 Å². The number of para-hydroxylation sites is 2. The fourth-order valence-electron chi connectivity index (χ4n) is 3.17. The van der Waals surface area contributed by atoms with Crippen LogP contribution in [0.4, 0.5) is 0 Å². The molecule has 0 atom stereocenters. The van der Waals surface area contributed by atoms with E-state index in [1.807, 2.05) is 18.2 Å². The van der Waals surface area contributed by atoms with Crippen LogP contribution in [0.25, 0.3) is 33.4 Å². The molecular weight excluding hydrogens is 384 g/mol. The van der Waals surface area contributed by atoms with E-state index < -0.39 is 21.5 Å². The number of imidazole rings is 1. The molecule has 0 unspecified atom stereocenters. The smallest absolute Gasteiger partial charge is 0.347 e. The molecule has 0 spiro atoms. The monoisotopic (exact) mass is 400 g/mol. The van der Waals surface area contributed by atoms with Crippen LogP contribution in [0.3, 0.4) is 0 Å². The second-order valence-electron chi connectivity index (χ2n) is 6.39. The number of hydrogen-bond donors (Lipinski definition) is 2. The molecule has 8 nitrogen and oxygen atoms in total. The van der Waals surface area contributed by atoms with Gasteiger partial charge in [0, 0.05) is 18.0 Å². The third kappa shape index (κ3) is 3.49. The van der Waals surface area contributed by atoms with E-state index in [1.54, 1.807) is 22.8 Å². The predicted molar refractivity (Wildman–Crippen MR) is 104 cm³/mol. The lowest BCUT2D eigenvalue weighted by Crippen LogP contribution is -2.11. The summed E-state index contributed by atoms with van der Waals surface area (Å²) in [6.45, 7) is 0.239. The molecule has 0 aliphatic carbocycles. The number of fused-ring (bicyclic) bond motifs is 2. The Hall–Kier alpha value is -3.17. The van der Waals surface area contributed by atoms with Gasteiger partial charge in [-0.25, -0.2) is 9.78 Å². The minimum Gasteiger partial charge on any atom is -0.508 e. The topological polar surface area (TPSA) is 123 Å². The lowest BCUT2D eigenvalue weighted by atomic mass is 10.1. The largest absolute Gasteiger partial charge is 0.508 e. The highest BCUT2D eigenvalue weighted by Gasteiger charge is 2.18. The second kappa shape index (κ2) is 6.77. The summed E-state index contributed by atoms with van der Waals surface area (Å²) in [5.74, 6) is -0.0639. The van der Waals surface area contributed by atoms with Crippen LogP contribution >= 0.6 is 0 Å². The molecule has 0 fully saturated rings. The molecule has 0 aliphatic heterocycles. The van der Waals surface area contributed by atoms with Crippen molar-refractivity contribution in [2.24, 2.45) is 0 Å². The normalized spacial score (nSPS) is 12.0. The van der Waals surface area contributed by atoms with Crippen molar-refractivity contribution < 1.29 is 22.5 Å². The molecule has 0 bridgehead atoms. The minimum atomic E-state index is -4.09. The Labute approximate surface area is 159 Å². The molecule has 4 aromatic rings. The molecule has 144 valence electrons. The molecule has 0 aliphatic rings. The molecule has 2 aromatic carbocycles. The number of phenols is 1. The third-order valence-corrected chi connectivity index (χ3v) is 5.20. The van der Waals surface area contributed by atoms with Crippen molar-refractivity contribution in [3.63, 3.8) is 0 Å². The van der Waals surface area contributed by atoms with Crippen molar-refractivity contribution in [1.29, 1.82) is 0 Å². The van der Waals surface area contributed by atoms with Crippen molar-refractivity contribution >= 4 is 32.1 Å². The van der Waals surface area contributed by atoms with Gasteiger partial charge in [0.1, 0.15) is 22.7 Å². The number of benzene rings is 2. The minimum absolute atomic E-state index is 0.0131. The van der Waals surface area contributed by atoms with E-state index in [4.69, 9.17) is 8.97 Å². The first-order chi connectivity index (χ1) is 13.3. The molecule has 28 heavy (non-hydrogen) atoms. The molecule has 2 N–H and O–H groups in total. The number of aromatic hydroxyl groups is 1. The van der Waals surface area contributed by atoms with E-state index in [9.17, 15) is 18.3 Å². The number of nitrogens with zero attached hydrogens (tertiary/aromatic N) is 2. The van der Waals surface area contributed by atoms with Gasteiger partial charge in [-0.3, -0.25) is 4.55 Å². The first-order valence-corrected chi connectivity index (χ1v) is 10.1. The Morgan fingerprint density at radius 3 is 2.68 bits per heavy atom. The lowest BCUT2D eigenvalue weighted by Gasteiger charge is -2.09. The average Bonchev–Trinajstić information content (AvgIpc) is 2.98. The van der Waals surface area contributed by atoms with Crippen LogP contribution in [0.1, 0.15) is 6.42 Å².